The maximum Gasteiger partial charge on any atom is 0.148 e. The minimum atomic E-state index is 0.479. The Bertz CT molecular complexity index is 356. The molecule has 0 fully saturated rings. The number of nitrogen functional groups attached to an aromatic ring is 1. The van der Waals surface area contributed by atoms with Crippen LogP contribution in [0.25, 0.3) is 0 Å². The van der Waals surface area contributed by atoms with Gasteiger partial charge in [0, 0.05) is 13.1 Å². The van der Waals surface area contributed by atoms with Crippen LogP contribution in [-0.2, 0) is 7.05 Å². The van der Waals surface area contributed by atoms with Crippen LogP contribution in [0.4, 0.5) is 11.5 Å². The van der Waals surface area contributed by atoms with Gasteiger partial charge in [0.25, 0.3) is 0 Å². The van der Waals surface area contributed by atoms with Crippen molar-refractivity contribution in [3.05, 3.63) is 17.8 Å². The average Bonchev–Trinajstić information content (AvgIpc) is 2.71. The van der Waals surface area contributed by atoms with Gasteiger partial charge < -0.3 is 11.1 Å². The van der Waals surface area contributed by atoms with Crippen molar-refractivity contribution in [2.24, 2.45) is 7.05 Å². The Kier molecular flexibility index (Phi) is 2.19. The van der Waals surface area contributed by atoms with Crippen LogP contribution in [-0.4, -0.2) is 15.8 Å². The molecule has 1 aliphatic carbocycles. The Hall–Kier alpha value is -1.45. The first-order chi connectivity index (χ1) is 6.68. The number of nitrogens with zero attached hydrogens (tertiary/aromatic N) is 2. The zero-order valence-electron chi connectivity index (χ0n) is 8.62. The summed E-state index contributed by atoms with van der Waals surface area (Å²) in [5.41, 5.74) is 7.57. The lowest BCUT2D eigenvalue weighted by molar-refractivity contribution is 0.722. The summed E-state index contributed by atoms with van der Waals surface area (Å²) in [5, 5.41) is 7.67. The first-order valence-electron chi connectivity index (χ1n) is 4.89. The Balaban J connectivity index is 2.15. The molecule has 1 aromatic rings. The predicted octanol–water partition coefficient (Wildman–Crippen LogP) is 1.44. The third-order valence-electron chi connectivity index (χ3n) is 2.62. The molecule has 3 N–H and O–H groups in total. The quantitative estimate of drug-likeness (QED) is 0.697. The van der Waals surface area contributed by atoms with E-state index in [-0.39, 0.29) is 0 Å². The second kappa shape index (κ2) is 3.36. The van der Waals surface area contributed by atoms with E-state index in [2.05, 4.69) is 22.6 Å². The van der Waals surface area contributed by atoms with Crippen molar-refractivity contribution in [1.29, 1.82) is 0 Å². The van der Waals surface area contributed by atoms with Gasteiger partial charge in [-0.2, -0.15) is 5.10 Å². The van der Waals surface area contributed by atoms with E-state index in [0.29, 0.717) is 6.04 Å². The Labute approximate surface area is 83.8 Å². The molecule has 0 bridgehead atoms. The van der Waals surface area contributed by atoms with Gasteiger partial charge in [-0.15, -0.1) is 0 Å². The molecule has 1 aromatic heterocycles. The molecule has 0 radical (unpaired) electrons. The molecule has 4 nitrogen and oxygen atoms in total. The number of nitrogens with one attached hydrogen (secondary N) is 1. The first kappa shape index (κ1) is 9.12. The van der Waals surface area contributed by atoms with Crippen LogP contribution in [0.1, 0.15) is 18.5 Å². The molecule has 0 aromatic carbocycles. The molecule has 76 valence electrons. The second-order valence-corrected chi connectivity index (χ2v) is 3.76. The van der Waals surface area contributed by atoms with Gasteiger partial charge in [-0.3, -0.25) is 4.68 Å². The zero-order valence-corrected chi connectivity index (χ0v) is 8.62. The molecule has 0 saturated carbocycles. The van der Waals surface area contributed by atoms with Gasteiger partial charge in [-0.25, -0.2) is 0 Å². The summed E-state index contributed by atoms with van der Waals surface area (Å²) in [6, 6.07) is 0.479. The van der Waals surface area contributed by atoms with E-state index in [9.17, 15) is 0 Å². The van der Waals surface area contributed by atoms with Crippen LogP contribution in [0.5, 0.6) is 0 Å². The highest BCUT2D eigenvalue weighted by Crippen LogP contribution is 2.24. The van der Waals surface area contributed by atoms with Crippen LogP contribution in [0.15, 0.2) is 12.2 Å². The summed E-state index contributed by atoms with van der Waals surface area (Å²) in [6.45, 7) is 1.92. The van der Waals surface area contributed by atoms with Crippen molar-refractivity contribution in [3.63, 3.8) is 0 Å². The molecule has 14 heavy (non-hydrogen) atoms. The van der Waals surface area contributed by atoms with Crippen molar-refractivity contribution < 1.29 is 0 Å². The molecule has 0 saturated heterocycles. The molecule has 0 spiro atoms. The number of aromatic nitrogens is 2. The van der Waals surface area contributed by atoms with Crippen molar-refractivity contribution in [2.45, 2.75) is 25.8 Å². The van der Waals surface area contributed by atoms with Gasteiger partial charge in [0.1, 0.15) is 5.82 Å². The van der Waals surface area contributed by atoms with Crippen molar-refractivity contribution in [1.82, 2.24) is 9.78 Å². The lowest BCUT2D eigenvalue weighted by atomic mass is 10.2. The zero-order chi connectivity index (χ0) is 10.1. The number of aryl methyl sites for hydroxylation is 2. The fourth-order valence-corrected chi connectivity index (χ4v) is 1.77. The highest BCUT2D eigenvalue weighted by molar-refractivity contribution is 5.65. The average molecular weight is 192 g/mol. The van der Waals surface area contributed by atoms with Crippen LogP contribution in [0.2, 0.25) is 0 Å². The van der Waals surface area contributed by atoms with Gasteiger partial charge in [-0.1, -0.05) is 12.2 Å². The van der Waals surface area contributed by atoms with Gasteiger partial charge in [0.05, 0.1) is 11.4 Å². The number of rotatable bonds is 2. The van der Waals surface area contributed by atoms with E-state index in [4.69, 9.17) is 5.73 Å². The summed E-state index contributed by atoms with van der Waals surface area (Å²) in [5.74, 6) is 0.941. The number of hydrogen-bond donors (Lipinski definition) is 2. The first-order valence-corrected chi connectivity index (χ1v) is 4.89. The Morgan fingerprint density at radius 3 is 2.64 bits per heavy atom. The van der Waals surface area contributed by atoms with E-state index in [1.165, 1.54) is 0 Å². The van der Waals surface area contributed by atoms with Crippen LogP contribution in [0.3, 0.4) is 0 Å². The lowest BCUT2D eigenvalue weighted by Crippen LogP contribution is -2.18. The van der Waals surface area contributed by atoms with Gasteiger partial charge in [0.2, 0.25) is 0 Å². The molecule has 1 heterocycles. The molecule has 0 unspecified atom stereocenters. The third kappa shape index (κ3) is 1.47. The van der Waals surface area contributed by atoms with Gasteiger partial charge in [-0.05, 0) is 19.8 Å². The van der Waals surface area contributed by atoms with Crippen LogP contribution in [0, 0.1) is 6.92 Å². The Morgan fingerprint density at radius 1 is 1.50 bits per heavy atom. The molecule has 0 atom stereocenters. The normalized spacial score (nSPS) is 16.4. The molecular formula is C10H16N4. The third-order valence-corrected chi connectivity index (χ3v) is 2.62. The molecule has 0 amide bonds. The standard InChI is InChI=1S/C10H16N4/c1-7-9(11)10(14(2)13-7)12-8-5-3-4-6-8/h3-4,8,12H,5-6,11H2,1-2H3. The van der Waals surface area contributed by atoms with E-state index in [1.54, 1.807) is 0 Å². The fourth-order valence-electron chi connectivity index (χ4n) is 1.77. The van der Waals surface area contributed by atoms with Gasteiger partial charge >= 0.3 is 0 Å². The van der Waals surface area contributed by atoms with E-state index in [1.807, 2.05) is 18.7 Å². The smallest absolute Gasteiger partial charge is 0.148 e. The highest BCUT2D eigenvalue weighted by atomic mass is 15.3. The summed E-state index contributed by atoms with van der Waals surface area (Å²) in [4.78, 5) is 0. The van der Waals surface area contributed by atoms with Crippen molar-refractivity contribution in [2.75, 3.05) is 11.1 Å². The van der Waals surface area contributed by atoms with Crippen molar-refractivity contribution in [3.8, 4) is 0 Å². The second-order valence-electron chi connectivity index (χ2n) is 3.76. The largest absolute Gasteiger partial charge is 0.394 e. The summed E-state index contributed by atoms with van der Waals surface area (Å²) in [7, 11) is 1.91. The summed E-state index contributed by atoms with van der Waals surface area (Å²) in [6.07, 6.45) is 6.53. The molecular weight excluding hydrogens is 176 g/mol. The number of nitrogens with two attached hydrogens (primary N) is 1. The highest BCUT2D eigenvalue weighted by Gasteiger charge is 2.15. The number of anilines is 2. The van der Waals surface area contributed by atoms with Crippen LogP contribution < -0.4 is 11.1 Å². The van der Waals surface area contributed by atoms with Gasteiger partial charge in [0.15, 0.2) is 0 Å². The molecule has 4 heteroatoms. The molecule has 1 aliphatic rings. The summed E-state index contributed by atoms with van der Waals surface area (Å²) < 4.78 is 1.81. The predicted molar refractivity (Wildman–Crippen MR) is 58.1 cm³/mol. The van der Waals surface area contributed by atoms with E-state index >= 15 is 0 Å². The lowest BCUT2D eigenvalue weighted by Gasteiger charge is -2.14. The van der Waals surface area contributed by atoms with E-state index in [0.717, 1.165) is 30.0 Å². The monoisotopic (exact) mass is 192 g/mol. The maximum atomic E-state index is 5.92. The van der Waals surface area contributed by atoms with Crippen LogP contribution >= 0.6 is 0 Å². The van der Waals surface area contributed by atoms with E-state index < -0.39 is 0 Å². The number of hydrogen-bond acceptors (Lipinski definition) is 3. The topological polar surface area (TPSA) is 55.9 Å². The molecule has 0 aliphatic heterocycles. The van der Waals surface area contributed by atoms with Crippen molar-refractivity contribution >= 4 is 11.5 Å². The summed E-state index contributed by atoms with van der Waals surface area (Å²) >= 11 is 0. The minimum absolute atomic E-state index is 0.479. The molecule has 2 rings (SSSR count). The maximum absolute atomic E-state index is 5.92. The minimum Gasteiger partial charge on any atom is -0.394 e. The Morgan fingerprint density at radius 2 is 2.14 bits per heavy atom. The SMILES string of the molecule is Cc1nn(C)c(NC2CC=CC2)c1N. The fraction of sp³-hybridized carbons (Fsp3) is 0.500.